The average molecular weight is 274 g/mol. The van der Waals surface area contributed by atoms with Crippen LogP contribution >= 0.6 is 0 Å². The number of ketones is 1. The zero-order chi connectivity index (χ0) is 14.5. The second-order valence-electron chi connectivity index (χ2n) is 4.53. The zero-order valence-corrected chi connectivity index (χ0v) is 11.7. The van der Waals surface area contributed by atoms with E-state index in [2.05, 4.69) is 0 Å². The number of aromatic nitrogens is 2. The van der Waals surface area contributed by atoms with Gasteiger partial charge in [-0.05, 0) is 18.6 Å². The summed E-state index contributed by atoms with van der Waals surface area (Å²) in [7, 11) is 1.52. The fraction of sp³-hybridized carbons (Fsp3) is 0.333. The van der Waals surface area contributed by atoms with Crippen molar-refractivity contribution in [1.29, 1.82) is 0 Å². The van der Waals surface area contributed by atoms with Crippen molar-refractivity contribution >= 4 is 5.78 Å². The van der Waals surface area contributed by atoms with E-state index in [1.807, 2.05) is 6.92 Å². The van der Waals surface area contributed by atoms with Crippen LogP contribution in [0.4, 0.5) is 0 Å². The number of hydrogen-bond acceptors (Lipinski definition) is 3. The van der Waals surface area contributed by atoms with Gasteiger partial charge in [0.15, 0.2) is 5.78 Å². The number of carbonyl (C=O) groups is 1. The Labute approximate surface area is 117 Å². The Balaban J connectivity index is 2.22. The highest BCUT2D eigenvalue weighted by Crippen LogP contribution is 2.18. The van der Waals surface area contributed by atoms with Crippen LogP contribution in [0.5, 0.6) is 5.75 Å². The summed E-state index contributed by atoms with van der Waals surface area (Å²) in [4.78, 5) is 24.3. The molecule has 0 fully saturated rings. The molecule has 0 amide bonds. The van der Waals surface area contributed by atoms with E-state index in [4.69, 9.17) is 4.74 Å². The normalized spacial score (nSPS) is 10.5. The molecule has 0 spiro atoms. The molecule has 2 aromatic rings. The van der Waals surface area contributed by atoms with E-state index in [0.717, 1.165) is 6.42 Å². The van der Waals surface area contributed by atoms with Gasteiger partial charge in [-0.15, -0.1) is 0 Å². The van der Waals surface area contributed by atoms with Crippen LogP contribution in [0.3, 0.4) is 0 Å². The molecule has 5 nitrogen and oxygen atoms in total. The molecular formula is C15H18N2O3. The van der Waals surface area contributed by atoms with Crippen LogP contribution in [0.15, 0.2) is 41.5 Å². The smallest absolute Gasteiger partial charge is 0.328 e. The standard InChI is InChI=1S/C15H18N2O3/c1-3-8-16-9-10-17(15(16)19)11-13(18)12-6-4-5-7-14(12)20-2/h4-7,9-10H,3,8,11H2,1-2H3. The van der Waals surface area contributed by atoms with Crippen LogP contribution in [0.25, 0.3) is 0 Å². The fourth-order valence-electron chi connectivity index (χ4n) is 2.10. The molecule has 0 aliphatic rings. The molecule has 0 bridgehead atoms. The van der Waals surface area contributed by atoms with Gasteiger partial charge in [-0.2, -0.15) is 0 Å². The first kappa shape index (κ1) is 14.1. The Morgan fingerprint density at radius 1 is 1.20 bits per heavy atom. The molecule has 106 valence electrons. The average Bonchev–Trinajstić information content (AvgIpc) is 2.80. The number of rotatable bonds is 6. The largest absolute Gasteiger partial charge is 0.496 e. The van der Waals surface area contributed by atoms with E-state index in [1.54, 1.807) is 41.2 Å². The number of hydrogen-bond donors (Lipinski definition) is 0. The van der Waals surface area contributed by atoms with Crippen molar-refractivity contribution in [3.8, 4) is 5.75 Å². The minimum absolute atomic E-state index is 0.0237. The highest BCUT2D eigenvalue weighted by Gasteiger charge is 2.13. The van der Waals surface area contributed by atoms with Crippen molar-refractivity contribution < 1.29 is 9.53 Å². The van der Waals surface area contributed by atoms with Crippen molar-refractivity contribution in [2.75, 3.05) is 7.11 Å². The van der Waals surface area contributed by atoms with Crippen molar-refractivity contribution in [2.24, 2.45) is 0 Å². The first-order valence-electron chi connectivity index (χ1n) is 6.59. The van der Waals surface area contributed by atoms with Crippen molar-refractivity contribution in [3.05, 3.63) is 52.7 Å². The summed E-state index contributed by atoms with van der Waals surface area (Å²) < 4.78 is 8.19. The number of imidazole rings is 1. The third-order valence-electron chi connectivity index (χ3n) is 3.10. The highest BCUT2D eigenvalue weighted by atomic mass is 16.5. The molecule has 0 aliphatic heterocycles. The predicted molar refractivity (Wildman–Crippen MR) is 76.3 cm³/mol. The van der Waals surface area contributed by atoms with Gasteiger partial charge in [0.05, 0.1) is 19.2 Å². The van der Waals surface area contributed by atoms with Crippen molar-refractivity contribution in [1.82, 2.24) is 9.13 Å². The van der Waals surface area contributed by atoms with Crippen LogP contribution < -0.4 is 10.4 Å². The highest BCUT2D eigenvalue weighted by molar-refractivity contribution is 5.98. The Bertz CT molecular complexity index is 655. The van der Waals surface area contributed by atoms with E-state index in [9.17, 15) is 9.59 Å². The number of aryl methyl sites for hydroxylation is 1. The molecule has 0 unspecified atom stereocenters. The summed E-state index contributed by atoms with van der Waals surface area (Å²) in [5.74, 6) is 0.386. The number of benzene rings is 1. The lowest BCUT2D eigenvalue weighted by Crippen LogP contribution is -2.26. The molecule has 1 heterocycles. The maximum atomic E-state index is 12.3. The SMILES string of the molecule is CCCn1ccn(CC(=O)c2ccccc2OC)c1=O. The molecule has 0 N–H and O–H groups in total. The van der Waals surface area contributed by atoms with Gasteiger partial charge < -0.3 is 4.74 Å². The lowest BCUT2D eigenvalue weighted by Gasteiger charge is -2.07. The van der Waals surface area contributed by atoms with Crippen LogP contribution in [0.1, 0.15) is 23.7 Å². The topological polar surface area (TPSA) is 53.2 Å². The van der Waals surface area contributed by atoms with Gasteiger partial charge in [-0.25, -0.2) is 4.79 Å². The number of ether oxygens (including phenoxy) is 1. The predicted octanol–water partition coefficient (Wildman–Crippen LogP) is 1.95. The summed E-state index contributed by atoms with van der Waals surface area (Å²) in [5, 5.41) is 0. The molecule has 1 aromatic heterocycles. The summed E-state index contributed by atoms with van der Waals surface area (Å²) in [6.07, 6.45) is 4.23. The van der Waals surface area contributed by atoms with E-state index in [-0.39, 0.29) is 18.0 Å². The number of carbonyl (C=O) groups excluding carboxylic acids is 1. The van der Waals surface area contributed by atoms with Gasteiger partial charge >= 0.3 is 5.69 Å². The van der Waals surface area contributed by atoms with Crippen LogP contribution in [-0.4, -0.2) is 22.0 Å². The number of Topliss-reactive ketones (excluding diaryl/α,β-unsaturated/α-hetero) is 1. The fourth-order valence-corrected chi connectivity index (χ4v) is 2.10. The first-order valence-corrected chi connectivity index (χ1v) is 6.59. The lowest BCUT2D eigenvalue weighted by molar-refractivity contribution is 0.0967. The van der Waals surface area contributed by atoms with Crippen LogP contribution in [-0.2, 0) is 13.1 Å². The van der Waals surface area contributed by atoms with Gasteiger partial charge in [0.25, 0.3) is 0 Å². The third-order valence-corrected chi connectivity index (χ3v) is 3.10. The van der Waals surface area contributed by atoms with E-state index >= 15 is 0 Å². The molecule has 5 heteroatoms. The minimum Gasteiger partial charge on any atom is -0.496 e. The number of nitrogens with zero attached hydrogens (tertiary/aromatic N) is 2. The van der Waals surface area contributed by atoms with E-state index in [1.165, 1.54) is 11.7 Å². The van der Waals surface area contributed by atoms with Crippen molar-refractivity contribution in [3.63, 3.8) is 0 Å². The van der Waals surface area contributed by atoms with Gasteiger partial charge in [0.2, 0.25) is 0 Å². The zero-order valence-electron chi connectivity index (χ0n) is 11.7. The second kappa shape index (κ2) is 6.23. The van der Waals surface area contributed by atoms with Crippen LogP contribution in [0.2, 0.25) is 0 Å². The molecule has 0 radical (unpaired) electrons. The molecule has 0 atom stereocenters. The molecular weight excluding hydrogens is 256 g/mol. The summed E-state index contributed by atoms with van der Waals surface area (Å²) in [6.45, 7) is 2.69. The maximum Gasteiger partial charge on any atom is 0.328 e. The van der Waals surface area contributed by atoms with Gasteiger partial charge in [-0.1, -0.05) is 19.1 Å². The Kier molecular flexibility index (Phi) is 4.40. The second-order valence-corrected chi connectivity index (χ2v) is 4.53. The van der Waals surface area contributed by atoms with Crippen molar-refractivity contribution in [2.45, 2.75) is 26.4 Å². The Morgan fingerprint density at radius 2 is 1.90 bits per heavy atom. The number of methoxy groups -OCH3 is 1. The molecule has 1 aromatic carbocycles. The lowest BCUT2D eigenvalue weighted by atomic mass is 10.1. The van der Waals surface area contributed by atoms with Crippen LogP contribution in [0, 0.1) is 0 Å². The molecule has 0 aliphatic carbocycles. The van der Waals surface area contributed by atoms with Gasteiger partial charge in [0, 0.05) is 18.9 Å². The molecule has 0 saturated carbocycles. The molecule has 20 heavy (non-hydrogen) atoms. The van der Waals surface area contributed by atoms with E-state index < -0.39 is 0 Å². The van der Waals surface area contributed by atoms with E-state index in [0.29, 0.717) is 17.9 Å². The molecule has 2 rings (SSSR count). The summed E-state index contributed by atoms with van der Waals surface area (Å²) in [6, 6.07) is 7.02. The third kappa shape index (κ3) is 2.82. The number of para-hydroxylation sites is 1. The minimum atomic E-state index is -0.157. The Morgan fingerprint density at radius 3 is 2.60 bits per heavy atom. The summed E-state index contributed by atoms with van der Waals surface area (Å²) >= 11 is 0. The Hall–Kier alpha value is -2.30. The summed E-state index contributed by atoms with van der Waals surface area (Å²) in [5.41, 5.74) is 0.334. The van der Waals surface area contributed by atoms with Gasteiger partial charge in [0.1, 0.15) is 5.75 Å². The quantitative estimate of drug-likeness (QED) is 0.757. The monoisotopic (exact) mass is 274 g/mol. The van der Waals surface area contributed by atoms with Gasteiger partial charge in [-0.3, -0.25) is 13.9 Å². The molecule has 0 saturated heterocycles. The first-order chi connectivity index (χ1) is 9.67. The maximum absolute atomic E-state index is 12.3.